The molecule has 0 bridgehead atoms. The minimum Gasteiger partial charge on any atom is -0.484 e. The number of hydrogen-bond donors (Lipinski definition) is 1. The van der Waals surface area contributed by atoms with Crippen molar-refractivity contribution in [2.24, 2.45) is 5.92 Å². The van der Waals surface area contributed by atoms with Gasteiger partial charge in [-0.25, -0.2) is 4.98 Å². The largest absolute Gasteiger partial charge is 0.484 e. The number of pyridine rings is 1. The number of nitrogens with zero attached hydrogens (tertiary/aromatic N) is 2. The lowest BCUT2D eigenvalue weighted by Gasteiger charge is -2.31. The average Bonchev–Trinajstić information content (AvgIpc) is 2.71. The molecule has 0 spiro atoms. The highest BCUT2D eigenvalue weighted by Gasteiger charge is 2.30. The number of piperidine rings is 1. The summed E-state index contributed by atoms with van der Waals surface area (Å²) in [5.74, 6) is 1.54. The fourth-order valence-electron chi connectivity index (χ4n) is 3.09. The van der Waals surface area contributed by atoms with Crippen molar-refractivity contribution in [2.45, 2.75) is 32.5 Å². The molecule has 1 saturated heterocycles. The molecule has 3 rings (SSSR count). The van der Waals surface area contributed by atoms with Crippen LogP contribution in [0, 0.1) is 5.92 Å². The Bertz CT molecular complexity index is 799. The van der Waals surface area contributed by atoms with Crippen molar-refractivity contribution < 1.29 is 22.7 Å². The van der Waals surface area contributed by atoms with Crippen LogP contribution in [0.5, 0.6) is 5.75 Å². The summed E-state index contributed by atoms with van der Waals surface area (Å²) in [5.41, 5.74) is 0.103. The molecule has 5 nitrogen and oxygen atoms in total. The lowest BCUT2D eigenvalue weighted by molar-refractivity contribution is -0.137. The molecule has 2 aromatic rings. The van der Waals surface area contributed by atoms with Gasteiger partial charge in [-0.3, -0.25) is 4.79 Å². The first kappa shape index (κ1) is 21.0. The molecule has 29 heavy (non-hydrogen) atoms. The van der Waals surface area contributed by atoms with Gasteiger partial charge in [0, 0.05) is 25.8 Å². The van der Waals surface area contributed by atoms with Gasteiger partial charge in [0.1, 0.15) is 11.6 Å². The summed E-state index contributed by atoms with van der Waals surface area (Å²) in [6.07, 6.45) is -0.326. The van der Waals surface area contributed by atoms with Gasteiger partial charge in [-0.1, -0.05) is 13.0 Å². The SMILES string of the molecule is CC1CCN(c2ccc(CNC(=O)COc3ccc(C(F)(F)F)cc3)cn2)CC1. The van der Waals surface area contributed by atoms with E-state index in [4.69, 9.17) is 4.74 Å². The van der Waals surface area contributed by atoms with Gasteiger partial charge < -0.3 is 15.0 Å². The Labute approximate surface area is 167 Å². The number of amides is 1. The Morgan fingerprint density at radius 1 is 1.17 bits per heavy atom. The first-order chi connectivity index (χ1) is 13.8. The van der Waals surface area contributed by atoms with E-state index >= 15 is 0 Å². The van der Waals surface area contributed by atoms with Crippen molar-refractivity contribution in [3.63, 3.8) is 0 Å². The van der Waals surface area contributed by atoms with Gasteiger partial charge >= 0.3 is 6.18 Å². The molecule has 1 aromatic carbocycles. The molecule has 0 unspecified atom stereocenters. The Morgan fingerprint density at radius 3 is 2.45 bits per heavy atom. The van der Waals surface area contributed by atoms with Crippen LogP contribution >= 0.6 is 0 Å². The molecule has 1 aromatic heterocycles. The zero-order valence-corrected chi connectivity index (χ0v) is 16.2. The number of hydrogen-bond acceptors (Lipinski definition) is 4. The van der Waals surface area contributed by atoms with E-state index in [9.17, 15) is 18.0 Å². The molecule has 0 radical (unpaired) electrons. The maximum absolute atomic E-state index is 12.5. The standard InChI is InChI=1S/C21H24F3N3O2/c1-15-8-10-27(11-9-15)19-7-2-16(12-25-19)13-26-20(28)14-29-18-5-3-17(4-6-18)21(22,23)24/h2-7,12,15H,8-11,13-14H2,1H3,(H,26,28). The van der Waals surface area contributed by atoms with E-state index in [-0.39, 0.29) is 18.3 Å². The minimum atomic E-state index is -4.40. The van der Waals surface area contributed by atoms with Crippen molar-refractivity contribution in [1.29, 1.82) is 0 Å². The molecular formula is C21H24F3N3O2. The second kappa shape index (κ2) is 9.15. The summed E-state index contributed by atoms with van der Waals surface area (Å²) in [7, 11) is 0. The molecule has 1 amide bonds. The third-order valence-corrected chi connectivity index (χ3v) is 4.96. The van der Waals surface area contributed by atoms with Gasteiger partial charge in [0.2, 0.25) is 0 Å². The number of ether oxygens (including phenoxy) is 1. The van der Waals surface area contributed by atoms with Crippen LogP contribution < -0.4 is 15.0 Å². The zero-order valence-electron chi connectivity index (χ0n) is 16.2. The lowest BCUT2D eigenvalue weighted by Crippen LogP contribution is -2.33. The van der Waals surface area contributed by atoms with Gasteiger partial charge in [-0.15, -0.1) is 0 Å². The van der Waals surface area contributed by atoms with Gasteiger partial charge in [0.15, 0.2) is 6.61 Å². The third-order valence-electron chi connectivity index (χ3n) is 4.96. The average molecular weight is 407 g/mol. The van der Waals surface area contributed by atoms with E-state index in [1.54, 1.807) is 6.20 Å². The van der Waals surface area contributed by atoms with Crippen LogP contribution in [0.25, 0.3) is 0 Å². The normalized spacial score (nSPS) is 15.2. The summed E-state index contributed by atoms with van der Waals surface area (Å²) in [6.45, 7) is 4.30. The molecule has 1 aliphatic rings. The van der Waals surface area contributed by atoms with Crippen molar-refractivity contribution in [1.82, 2.24) is 10.3 Å². The fraction of sp³-hybridized carbons (Fsp3) is 0.429. The molecular weight excluding hydrogens is 383 g/mol. The minimum absolute atomic E-state index is 0.204. The van der Waals surface area contributed by atoms with E-state index in [0.717, 1.165) is 42.5 Å². The van der Waals surface area contributed by atoms with Crippen molar-refractivity contribution in [3.05, 3.63) is 53.7 Å². The smallest absolute Gasteiger partial charge is 0.416 e. The highest BCUT2D eigenvalue weighted by molar-refractivity contribution is 5.77. The molecule has 1 aliphatic heterocycles. The number of aromatic nitrogens is 1. The first-order valence-electron chi connectivity index (χ1n) is 9.58. The van der Waals surface area contributed by atoms with Crippen LogP contribution in [0.15, 0.2) is 42.6 Å². The third kappa shape index (κ3) is 6.10. The van der Waals surface area contributed by atoms with Crippen molar-refractivity contribution >= 4 is 11.7 Å². The Kier molecular flexibility index (Phi) is 6.61. The maximum atomic E-state index is 12.5. The van der Waals surface area contributed by atoms with Crippen LogP contribution in [0.3, 0.4) is 0 Å². The summed E-state index contributed by atoms with van der Waals surface area (Å²) in [4.78, 5) is 18.7. The van der Waals surface area contributed by atoms with Crippen molar-refractivity contribution in [2.75, 3.05) is 24.6 Å². The lowest BCUT2D eigenvalue weighted by atomic mass is 9.99. The number of anilines is 1. The topological polar surface area (TPSA) is 54.5 Å². The molecule has 1 fully saturated rings. The van der Waals surface area contributed by atoms with Crippen LogP contribution in [0.4, 0.5) is 19.0 Å². The number of halogens is 3. The second-order valence-corrected chi connectivity index (χ2v) is 7.28. The fourth-order valence-corrected chi connectivity index (χ4v) is 3.09. The van der Waals surface area contributed by atoms with Crippen LogP contribution in [-0.2, 0) is 17.5 Å². The monoisotopic (exact) mass is 407 g/mol. The van der Waals surface area contributed by atoms with Crippen LogP contribution in [-0.4, -0.2) is 30.6 Å². The van der Waals surface area contributed by atoms with Crippen molar-refractivity contribution in [3.8, 4) is 5.75 Å². The molecule has 2 heterocycles. The Balaban J connectivity index is 1.42. The van der Waals surface area contributed by atoms with E-state index in [2.05, 4.69) is 22.1 Å². The predicted octanol–water partition coefficient (Wildman–Crippen LogP) is 4.03. The molecule has 0 atom stereocenters. The van der Waals surface area contributed by atoms with E-state index in [0.29, 0.717) is 6.54 Å². The van der Waals surface area contributed by atoms with E-state index < -0.39 is 11.7 Å². The summed E-state index contributed by atoms with van der Waals surface area (Å²) >= 11 is 0. The summed E-state index contributed by atoms with van der Waals surface area (Å²) in [6, 6.07) is 8.11. The van der Waals surface area contributed by atoms with Gasteiger partial charge in [0.05, 0.1) is 5.56 Å². The number of carbonyl (C=O) groups is 1. The number of benzene rings is 1. The quantitative estimate of drug-likeness (QED) is 0.786. The number of alkyl halides is 3. The van der Waals surface area contributed by atoms with Gasteiger partial charge in [-0.05, 0) is 54.7 Å². The van der Waals surface area contributed by atoms with Crippen LogP contribution in [0.2, 0.25) is 0 Å². The molecule has 8 heteroatoms. The Morgan fingerprint density at radius 2 is 1.86 bits per heavy atom. The summed E-state index contributed by atoms with van der Waals surface area (Å²) < 4.78 is 42.8. The van der Waals surface area contributed by atoms with Crippen LogP contribution in [0.1, 0.15) is 30.9 Å². The highest BCUT2D eigenvalue weighted by atomic mass is 19.4. The molecule has 1 N–H and O–H groups in total. The Hall–Kier alpha value is -2.77. The molecule has 0 aliphatic carbocycles. The number of rotatable bonds is 6. The number of carbonyl (C=O) groups excluding carboxylic acids is 1. The highest BCUT2D eigenvalue weighted by Crippen LogP contribution is 2.30. The first-order valence-corrected chi connectivity index (χ1v) is 9.58. The second-order valence-electron chi connectivity index (χ2n) is 7.28. The molecule has 0 saturated carbocycles. The summed E-state index contributed by atoms with van der Waals surface area (Å²) in [5, 5.41) is 2.71. The number of nitrogens with one attached hydrogen (secondary N) is 1. The maximum Gasteiger partial charge on any atom is 0.416 e. The van der Waals surface area contributed by atoms with E-state index in [1.165, 1.54) is 25.0 Å². The van der Waals surface area contributed by atoms with E-state index in [1.807, 2.05) is 12.1 Å². The van der Waals surface area contributed by atoms with Gasteiger partial charge in [0.25, 0.3) is 5.91 Å². The van der Waals surface area contributed by atoms with Gasteiger partial charge in [-0.2, -0.15) is 13.2 Å². The predicted molar refractivity (Wildman–Crippen MR) is 104 cm³/mol. The zero-order chi connectivity index (χ0) is 20.9. The molecule has 156 valence electrons.